The molecular formula is C9H18O. The van der Waals surface area contributed by atoms with Crippen LogP contribution in [-0.4, -0.2) is 12.7 Å². The minimum absolute atomic E-state index is 0.464. The minimum Gasteiger partial charge on any atom is -0.378 e. The monoisotopic (exact) mass is 142 g/mol. The molecule has 0 aromatic heterocycles. The lowest BCUT2D eigenvalue weighted by Crippen LogP contribution is -2.36. The molecule has 0 saturated carbocycles. The Morgan fingerprint density at radius 3 is 2.10 bits per heavy atom. The third-order valence-corrected chi connectivity index (χ3v) is 3.09. The molecule has 0 amide bonds. The highest BCUT2D eigenvalue weighted by Crippen LogP contribution is 2.29. The molecule has 0 N–H and O–H groups in total. The Morgan fingerprint density at radius 1 is 1.00 bits per heavy atom. The highest BCUT2D eigenvalue weighted by atomic mass is 16.5. The molecule has 1 heterocycles. The maximum Gasteiger partial charge on any atom is 0.0575 e. The molecule has 0 spiro atoms. The second-order valence-electron chi connectivity index (χ2n) is 3.73. The number of hydrogen-bond acceptors (Lipinski definition) is 1. The van der Waals surface area contributed by atoms with Crippen molar-refractivity contribution in [2.45, 2.75) is 33.8 Å². The highest BCUT2D eigenvalue weighted by molar-refractivity contribution is 4.77. The molecule has 0 unspecified atom stereocenters. The lowest BCUT2D eigenvalue weighted by molar-refractivity contribution is -0.0661. The van der Waals surface area contributed by atoms with Gasteiger partial charge in [-0.25, -0.2) is 0 Å². The molecule has 10 heavy (non-hydrogen) atoms. The molecule has 1 heteroatoms. The van der Waals surface area contributed by atoms with Crippen LogP contribution in [-0.2, 0) is 4.74 Å². The van der Waals surface area contributed by atoms with Crippen LogP contribution in [0.4, 0.5) is 0 Å². The van der Waals surface area contributed by atoms with Crippen LogP contribution >= 0.6 is 0 Å². The Bertz CT molecular complexity index is 97.3. The van der Waals surface area contributed by atoms with Gasteiger partial charge in [-0.05, 0) is 24.7 Å². The Kier molecular flexibility index (Phi) is 2.35. The van der Waals surface area contributed by atoms with Gasteiger partial charge in [-0.2, -0.15) is 0 Å². The number of rotatable bonds is 0. The Balaban J connectivity index is 2.52. The second kappa shape index (κ2) is 2.91. The maximum absolute atomic E-state index is 5.57. The van der Waals surface area contributed by atoms with Gasteiger partial charge in [-0.3, -0.25) is 0 Å². The van der Waals surface area contributed by atoms with E-state index in [4.69, 9.17) is 4.74 Å². The Labute approximate surface area is 63.8 Å². The van der Waals surface area contributed by atoms with Gasteiger partial charge in [0.05, 0.1) is 6.10 Å². The van der Waals surface area contributed by atoms with E-state index in [9.17, 15) is 0 Å². The quantitative estimate of drug-likeness (QED) is 0.504. The smallest absolute Gasteiger partial charge is 0.0575 e. The maximum atomic E-state index is 5.57. The molecule has 60 valence electrons. The number of ether oxygens (including phenoxy) is 1. The van der Waals surface area contributed by atoms with Crippen molar-refractivity contribution in [3.05, 3.63) is 0 Å². The van der Waals surface area contributed by atoms with E-state index in [2.05, 4.69) is 27.7 Å². The van der Waals surface area contributed by atoms with Gasteiger partial charge in [-0.1, -0.05) is 20.8 Å². The van der Waals surface area contributed by atoms with Gasteiger partial charge in [0.25, 0.3) is 0 Å². The molecule has 1 aliphatic heterocycles. The fourth-order valence-electron chi connectivity index (χ4n) is 1.55. The Hall–Kier alpha value is -0.0400. The van der Waals surface area contributed by atoms with Gasteiger partial charge in [0.1, 0.15) is 0 Å². The molecule has 1 aliphatic rings. The van der Waals surface area contributed by atoms with Crippen LogP contribution in [0.15, 0.2) is 0 Å². The summed E-state index contributed by atoms with van der Waals surface area (Å²) in [7, 11) is 0. The van der Waals surface area contributed by atoms with Crippen LogP contribution in [0.1, 0.15) is 27.7 Å². The van der Waals surface area contributed by atoms with E-state index in [1.807, 2.05) is 0 Å². The predicted octanol–water partition coefficient (Wildman–Crippen LogP) is 2.31. The van der Waals surface area contributed by atoms with Crippen LogP contribution in [0.2, 0.25) is 0 Å². The highest BCUT2D eigenvalue weighted by Gasteiger charge is 2.29. The lowest BCUT2D eigenvalue weighted by atomic mass is 9.80. The molecule has 4 atom stereocenters. The van der Waals surface area contributed by atoms with Crippen molar-refractivity contribution < 1.29 is 4.74 Å². The summed E-state index contributed by atoms with van der Waals surface area (Å²) in [6.07, 6.45) is 0.464. The normalized spacial score (nSPS) is 49.2. The van der Waals surface area contributed by atoms with E-state index < -0.39 is 0 Å². The molecule has 0 aromatic rings. The molecule has 0 aliphatic carbocycles. The van der Waals surface area contributed by atoms with Gasteiger partial charge in [0, 0.05) is 6.61 Å². The third-order valence-electron chi connectivity index (χ3n) is 3.09. The molecule has 1 rings (SSSR count). The van der Waals surface area contributed by atoms with Crippen molar-refractivity contribution in [2.75, 3.05) is 6.61 Å². The average Bonchev–Trinajstić information content (AvgIpc) is 1.93. The summed E-state index contributed by atoms with van der Waals surface area (Å²) in [5.41, 5.74) is 0. The molecular weight excluding hydrogens is 124 g/mol. The van der Waals surface area contributed by atoms with E-state index in [0.29, 0.717) is 6.10 Å². The summed E-state index contributed by atoms with van der Waals surface area (Å²) in [4.78, 5) is 0. The lowest BCUT2D eigenvalue weighted by Gasteiger charge is -2.36. The van der Waals surface area contributed by atoms with Crippen molar-refractivity contribution in [1.29, 1.82) is 0 Å². The SMILES string of the molecule is C[C@@H]1[C@H](C)[C@@H](C)CO[C@H]1C. The van der Waals surface area contributed by atoms with Gasteiger partial charge in [-0.15, -0.1) is 0 Å². The van der Waals surface area contributed by atoms with Gasteiger partial charge < -0.3 is 4.74 Å². The molecule has 1 fully saturated rings. The van der Waals surface area contributed by atoms with Crippen molar-refractivity contribution in [1.82, 2.24) is 0 Å². The first-order chi connectivity index (χ1) is 4.63. The standard InChI is InChI=1S/C9H18O/c1-6-5-10-9(4)8(3)7(6)2/h6-9H,5H2,1-4H3/t6-,7+,8+,9-/m0/s1. The van der Waals surface area contributed by atoms with Crippen LogP contribution in [0.25, 0.3) is 0 Å². The van der Waals surface area contributed by atoms with Crippen molar-refractivity contribution in [3.63, 3.8) is 0 Å². The first kappa shape index (κ1) is 8.06. The summed E-state index contributed by atoms with van der Waals surface area (Å²) >= 11 is 0. The molecule has 1 nitrogen and oxygen atoms in total. The van der Waals surface area contributed by atoms with Crippen LogP contribution in [0.3, 0.4) is 0 Å². The Morgan fingerprint density at radius 2 is 1.60 bits per heavy atom. The second-order valence-corrected chi connectivity index (χ2v) is 3.73. The molecule has 1 saturated heterocycles. The molecule has 0 aromatic carbocycles. The summed E-state index contributed by atoms with van der Waals surface area (Å²) in [6.45, 7) is 10.0. The fraction of sp³-hybridized carbons (Fsp3) is 1.00. The summed E-state index contributed by atoms with van der Waals surface area (Å²) in [5.74, 6) is 2.29. The van der Waals surface area contributed by atoms with Crippen LogP contribution < -0.4 is 0 Å². The van der Waals surface area contributed by atoms with Crippen LogP contribution in [0.5, 0.6) is 0 Å². The summed E-state index contributed by atoms with van der Waals surface area (Å²) in [6, 6.07) is 0. The fourth-order valence-corrected chi connectivity index (χ4v) is 1.55. The van der Waals surface area contributed by atoms with E-state index in [1.54, 1.807) is 0 Å². The zero-order valence-electron chi connectivity index (χ0n) is 7.42. The summed E-state index contributed by atoms with van der Waals surface area (Å²) < 4.78 is 5.57. The van der Waals surface area contributed by atoms with Crippen LogP contribution in [0, 0.1) is 17.8 Å². The topological polar surface area (TPSA) is 9.23 Å². The molecule has 0 radical (unpaired) electrons. The first-order valence-corrected chi connectivity index (χ1v) is 4.24. The largest absolute Gasteiger partial charge is 0.378 e. The van der Waals surface area contributed by atoms with Crippen molar-refractivity contribution in [3.8, 4) is 0 Å². The number of hydrogen-bond donors (Lipinski definition) is 0. The average molecular weight is 142 g/mol. The molecule has 0 bridgehead atoms. The van der Waals surface area contributed by atoms with Gasteiger partial charge >= 0.3 is 0 Å². The van der Waals surface area contributed by atoms with Crippen molar-refractivity contribution >= 4 is 0 Å². The van der Waals surface area contributed by atoms with E-state index in [0.717, 1.165) is 24.4 Å². The third kappa shape index (κ3) is 1.34. The predicted molar refractivity (Wildman–Crippen MR) is 42.9 cm³/mol. The minimum atomic E-state index is 0.464. The first-order valence-electron chi connectivity index (χ1n) is 4.24. The van der Waals surface area contributed by atoms with Crippen molar-refractivity contribution in [2.24, 2.45) is 17.8 Å². The zero-order chi connectivity index (χ0) is 7.72. The van der Waals surface area contributed by atoms with E-state index in [-0.39, 0.29) is 0 Å². The van der Waals surface area contributed by atoms with E-state index >= 15 is 0 Å². The van der Waals surface area contributed by atoms with Gasteiger partial charge in [0.15, 0.2) is 0 Å². The van der Waals surface area contributed by atoms with E-state index in [1.165, 1.54) is 0 Å². The zero-order valence-corrected chi connectivity index (χ0v) is 7.42. The van der Waals surface area contributed by atoms with Gasteiger partial charge in [0.2, 0.25) is 0 Å². The summed E-state index contributed by atoms with van der Waals surface area (Å²) in [5, 5.41) is 0.